The molecule has 0 aliphatic heterocycles. The van der Waals surface area contributed by atoms with Gasteiger partial charge in [-0.3, -0.25) is 9.59 Å². The van der Waals surface area contributed by atoms with Gasteiger partial charge in [0, 0.05) is 16.9 Å². The second-order valence-electron chi connectivity index (χ2n) is 6.16. The van der Waals surface area contributed by atoms with Crippen LogP contribution in [0, 0.1) is 0 Å². The third-order valence-electron chi connectivity index (χ3n) is 3.61. The van der Waals surface area contributed by atoms with Gasteiger partial charge in [0.1, 0.15) is 5.75 Å². The molecule has 1 heterocycles. The van der Waals surface area contributed by atoms with Crippen molar-refractivity contribution in [2.24, 2.45) is 0 Å². The maximum Gasteiger partial charge on any atom is 0.291 e. The molecule has 0 spiro atoms. The molecule has 0 radical (unpaired) electrons. The highest BCUT2D eigenvalue weighted by Gasteiger charge is 2.10. The zero-order valence-electron chi connectivity index (χ0n) is 15.1. The summed E-state index contributed by atoms with van der Waals surface area (Å²) in [6, 6.07) is 17.0. The standard InChI is InChI=1S/C21H20N2O4/c1-14(2)27-18-10-8-15(9-11-18)20(24)22-16-5-3-6-17(13-16)23-21(25)19-7-4-12-26-19/h3-14H,1-2H3,(H,22,24)(H,23,25). The van der Waals surface area contributed by atoms with Crippen LogP contribution in [0.3, 0.4) is 0 Å². The number of nitrogens with one attached hydrogen (secondary N) is 2. The number of ether oxygens (including phenoxy) is 1. The van der Waals surface area contributed by atoms with Gasteiger partial charge in [-0.1, -0.05) is 6.07 Å². The van der Waals surface area contributed by atoms with Crippen molar-refractivity contribution in [3.05, 3.63) is 78.3 Å². The Kier molecular flexibility index (Phi) is 5.56. The molecule has 3 rings (SSSR count). The van der Waals surface area contributed by atoms with Crippen molar-refractivity contribution in [1.82, 2.24) is 0 Å². The zero-order chi connectivity index (χ0) is 19.2. The summed E-state index contributed by atoms with van der Waals surface area (Å²) in [5.74, 6) is 0.321. The zero-order valence-corrected chi connectivity index (χ0v) is 15.1. The van der Waals surface area contributed by atoms with E-state index in [4.69, 9.17) is 9.15 Å². The van der Waals surface area contributed by atoms with Gasteiger partial charge in [-0.2, -0.15) is 0 Å². The maximum absolute atomic E-state index is 12.4. The third kappa shape index (κ3) is 4.98. The molecule has 6 nitrogen and oxygen atoms in total. The Labute approximate surface area is 157 Å². The Bertz CT molecular complexity index is 916. The molecule has 27 heavy (non-hydrogen) atoms. The molecule has 0 aliphatic rings. The van der Waals surface area contributed by atoms with Crippen LogP contribution in [0.5, 0.6) is 5.75 Å². The topological polar surface area (TPSA) is 80.6 Å². The van der Waals surface area contributed by atoms with E-state index >= 15 is 0 Å². The molecule has 3 aromatic rings. The highest BCUT2D eigenvalue weighted by atomic mass is 16.5. The minimum atomic E-state index is -0.357. The van der Waals surface area contributed by atoms with Crippen molar-refractivity contribution in [2.75, 3.05) is 10.6 Å². The molecule has 0 fully saturated rings. The Hall–Kier alpha value is -3.54. The number of hydrogen-bond acceptors (Lipinski definition) is 4. The van der Waals surface area contributed by atoms with Crippen molar-refractivity contribution >= 4 is 23.2 Å². The second-order valence-corrected chi connectivity index (χ2v) is 6.16. The van der Waals surface area contributed by atoms with Gasteiger partial charge in [0.25, 0.3) is 11.8 Å². The van der Waals surface area contributed by atoms with Gasteiger partial charge in [-0.15, -0.1) is 0 Å². The Morgan fingerprint density at radius 2 is 1.56 bits per heavy atom. The quantitative estimate of drug-likeness (QED) is 0.671. The number of furan rings is 1. The average Bonchev–Trinajstić information content (AvgIpc) is 3.17. The van der Waals surface area contributed by atoms with Crippen LogP contribution in [0.2, 0.25) is 0 Å². The Morgan fingerprint density at radius 3 is 2.15 bits per heavy atom. The SMILES string of the molecule is CC(C)Oc1ccc(C(=O)Nc2cccc(NC(=O)c3ccco3)c2)cc1. The summed E-state index contributed by atoms with van der Waals surface area (Å²) in [6.07, 6.45) is 1.51. The Morgan fingerprint density at radius 1 is 0.889 bits per heavy atom. The Balaban J connectivity index is 1.65. The van der Waals surface area contributed by atoms with Crippen molar-refractivity contribution < 1.29 is 18.7 Å². The van der Waals surface area contributed by atoms with E-state index in [1.54, 1.807) is 60.7 Å². The molecule has 138 valence electrons. The largest absolute Gasteiger partial charge is 0.491 e. The van der Waals surface area contributed by atoms with Gasteiger partial charge in [-0.25, -0.2) is 0 Å². The summed E-state index contributed by atoms with van der Waals surface area (Å²) in [7, 11) is 0. The summed E-state index contributed by atoms with van der Waals surface area (Å²) < 4.78 is 10.6. The maximum atomic E-state index is 12.4. The highest BCUT2D eigenvalue weighted by Crippen LogP contribution is 2.19. The highest BCUT2D eigenvalue weighted by molar-refractivity contribution is 6.05. The molecular weight excluding hydrogens is 344 g/mol. The van der Waals surface area contributed by atoms with E-state index in [1.807, 2.05) is 13.8 Å². The fourth-order valence-electron chi connectivity index (χ4n) is 2.44. The van der Waals surface area contributed by atoms with E-state index < -0.39 is 0 Å². The first-order valence-electron chi connectivity index (χ1n) is 8.54. The molecule has 0 unspecified atom stereocenters. The number of carbonyl (C=O) groups excluding carboxylic acids is 2. The lowest BCUT2D eigenvalue weighted by Gasteiger charge is -2.11. The molecule has 0 saturated heterocycles. The van der Waals surface area contributed by atoms with E-state index in [0.717, 1.165) is 0 Å². The minimum absolute atomic E-state index is 0.0730. The van der Waals surface area contributed by atoms with Crippen molar-refractivity contribution in [2.45, 2.75) is 20.0 Å². The molecule has 0 aliphatic carbocycles. The average molecular weight is 364 g/mol. The summed E-state index contributed by atoms with van der Waals surface area (Å²) in [6.45, 7) is 3.89. The fraction of sp³-hybridized carbons (Fsp3) is 0.143. The normalized spacial score (nSPS) is 10.5. The van der Waals surface area contributed by atoms with Crippen LogP contribution in [0.15, 0.2) is 71.3 Å². The molecule has 2 N–H and O–H groups in total. The van der Waals surface area contributed by atoms with E-state index in [9.17, 15) is 9.59 Å². The van der Waals surface area contributed by atoms with E-state index in [-0.39, 0.29) is 23.7 Å². The lowest BCUT2D eigenvalue weighted by molar-refractivity contribution is 0.0995. The number of amides is 2. The van der Waals surface area contributed by atoms with Crippen LogP contribution in [0.25, 0.3) is 0 Å². The van der Waals surface area contributed by atoms with Gasteiger partial charge in [0.05, 0.1) is 12.4 Å². The van der Waals surface area contributed by atoms with Crippen LogP contribution in [0.4, 0.5) is 11.4 Å². The van der Waals surface area contributed by atoms with Crippen LogP contribution < -0.4 is 15.4 Å². The van der Waals surface area contributed by atoms with E-state index in [1.165, 1.54) is 6.26 Å². The monoisotopic (exact) mass is 364 g/mol. The van der Waals surface area contributed by atoms with Gasteiger partial charge in [-0.05, 0) is 68.4 Å². The van der Waals surface area contributed by atoms with Crippen molar-refractivity contribution in [1.29, 1.82) is 0 Å². The van der Waals surface area contributed by atoms with Crippen LogP contribution in [0.1, 0.15) is 34.8 Å². The van der Waals surface area contributed by atoms with Gasteiger partial charge in [0.2, 0.25) is 0 Å². The van der Waals surface area contributed by atoms with E-state index in [2.05, 4.69) is 10.6 Å². The van der Waals surface area contributed by atoms with Gasteiger partial charge in [0.15, 0.2) is 5.76 Å². The van der Waals surface area contributed by atoms with Crippen molar-refractivity contribution in [3.63, 3.8) is 0 Å². The summed E-state index contributed by atoms with van der Waals surface area (Å²) in [5.41, 5.74) is 1.63. The lowest BCUT2D eigenvalue weighted by atomic mass is 10.2. The molecule has 0 atom stereocenters. The minimum Gasteiger partial charge on any atom is -0.491 e. The van der Waals surface area contributed by atoms with Crippen LogP contribution in [-0.2, 0) is 0 Å². The molecule has 1 aromatic heterocycles. The predicted octanol–water partition coefficient (Wildman–Crippen LogP) is 4.57. The number of hydrogen-bond donors (Lipinski definition) is 2. The molecule has 2 amide bonds. The molecule has 6 heteroatoms. The second kappa shape index (κ2) is 8.23. The molecule has 2 aromatic carbocycles. The fourth-order valence-corrected chi connectivity index (χ4v) is 2.44. The number of anilines is 2. The van der Waals surface area contributed by atoms with Crippen LogP contribution in [-0.4, -0.2) is 17.9 Å². The molecule has 0 saturated carbocycles. The number of carbonyl (C=O) groups is 2. The summed E-state index contributed by atoms with van der Waals surface area (Å²) in [4.78, 5) is 24.4. The van der Waals surface area contributed by atoms with Crippen molar-refractivity contribution in [3.8, 4) is 5.75 Å². The van der Waals surface area contributed by atoms with Gasteiger partial charge < -0.3 is 19.8 Å². The number of rotatable bonds is 6. The molecule has 0 bridgehead atoms. The first-order chi connectivity index (χ1) is 13.0. The lowest BCUT2D eigenvalue weighted by Crippen LogP contribution is -2.13. The predicted molar refractivity (Wildman–Crippen MR) is 103 cm³/mol. The summed E-state index contributed by atoms with van der Waals surface area (Å²) in [5, 5.41) is 5.54. The smallest absolute Gasteiger partial charge is 0.291 e. The third-order valence-corrected chi connectivity index (χ3v) is 3.61. The number of benzene rings is 2. The van der Waals surface area contributed by atoms with Crippen LogP contribution >= 0.6 is 0 Å². The summed E-state index contributed by atoms with van der Waals surface area (Å²) >= 11 is 0. The first-order valence-corrected chi connectivity index (χ1v) is 8.54. The van der Waals surface area contributed by atoms with Gasteiger partial charge >= 0.3 is 0 Å². The molecular formula is C21H20N2O4. The first kappa shape index (κ1) is 18.3. The van der Waals surface area contributed by atoms with E-state index in [0.29, 0.717) is 22.7 Å².